The normalized spacial score (nSPS) is 5.00. The number of rotatable bonds is 0. The van der Waals surface area contributed by atoms with Gasteiger partial charge in [-0.25, -0.2) is 0 Å². The summed E-state index contributed by atoms with van der Waals surface area (Å²) >= 11 is 0. The molecule has 0 radical (unpaired) electrons. The van der Waals surface area contributed by atoms with Crippen LogP contribution in [0.25, 0.3) is 0 Å². The smallest absolute Gasteiger partial charge is 0.550 e. The van der Waals surface area contributed by atoms with Crippen molar-refractivity contribution >= 4 is 5.97 Å². The van der Waals surface area contributed by atoms with Crippen LogP contribution in [-0.4, -0.2) is 5.97 Å². The molecule has 3 heteroatoms. The van der Waals surface area contributed by atoms with Gasteiger partial charge in [0.2, 0.25) is 0 Å². The number of carboxylic acid groups (broad SMARTS) is 1. The van der Waals surface area contributed by atoms with Gasteiger partial charge in [-0.1, -0.05) is 0 Å². The predicted molar refractivity (Wildman–Crippen MR) is 10.7 cm³/mol. The second-order valence-electron chi connectivity index (χ2n) is 0.492. The summed E-state index contributed by atoms with van der Waals surface area (Å²) in [7, 11) is 0. The van der Waals surface area contributed by atoms with Crippen LogP contribution in [0.4, 0.5) is 0 Å². The van der Waals surface area contributed by atoms with E-state index in [2.05, 4.69) is 0 Å². The van der Waals surface area contributed by atoms with Gasteiger partial charge < -0.3 is 9.90 Å². The van der Waals surface area contributed by atoms with Gasteiger partial charge >= 0.3 is 29.6 Å². The molecule has 0 aromatic rings. The monoisotopic (exact) mass is 84.0 g/mol. The van der Waals surface area contributed by atoms with Crippen LogP contribution in [0, 0.1) is 0 Å². The number of hydrogen-bond donors (Lipinski definition) is 0. The molecule has 0 heterocycles. The van der Waals surface area contributed by atoms with E-state index in [1.807, 2.05) is 0 Å². The van der Waals surface area contributed by atoms with E-state index in [9.17, 15) is 0 Å². The molecule has 0 fully saturated rings. The van der Waals surface area contributed by atoms with E-state index in [1.165, 1.54) is 0 Å². The standard InChI is InChI=1S/C2H4O2.Na/c1-2(3)4;/h1H3,(H,3,4);/q;+1/p-1/i2+2;. The van der Waals surface area contributed by atoms with Crippen LogP contribution in [0.5, 0.6) is 0 Å². The van der Waals surface area contributed by atoms with Crippen LogP contribution < -0.4 is 34.7 Å². The Kier molecular flexibility index (Phi) is 8.11. The summed E-state index contributed by atoms with van der Waals surface area (Å²) in [5, 5.41) is 8.89. The average Bonchev–Trinajstić information content (AvgIpc) is 0.811. The first-order chi connectivity index (χ1) is 1.73. The fourth-order valence-electron chi connectivity index (χ4n) is 0. The molecule has 0 amide bonds. The van der Waals surface area contributed by atoms with E-state index in [1.54, 1.807) is 0 Å². The topological polar surface area (TPSA) is 40.1 Å². The van der Waals surface area contributed by atoms with Crippen LogP contribution in [-0.2, 0) is 4.79 Å². The second-order valence-corrected chi connectivity index (χ2v) is 0.492. The predicted octanol–water partition coefficient (Wildman–Crippen LogP) is -4.24. The van der Waals surface area contributed by atoms with Crippen LogP contribution in [0.2, 0.25) is 0 Å². The third-order valence-corrected chi connectivity index (χ3v) is 0. The first-order valence-corrected chi connectivity index (χ1v) is 0.908. The Morgan fingerprint density at radius 1 is 1.80 bits per heavy atom. The Bertz CT molecular complexity index is 30.6. The molecule has 0 unspecified atom stereocenters. The summed E-state index contributed by atoms with van der Waals surface area (Å²) in [6.07, 6.45) is 0. The summed E-state index contributed by atoms with van der Waals surface area (Å²) in [4.78, 5) is 8.89. The fraction of sp³-hybridized carbons (Fsp3) is 0.500. The first-order valence-electron chi connectivity index (χ1n) is 0.908. The van der Waals surface area contributed by atoms with Crippen LogP contribution in [0.1, 0.15) is 6.92 Å². The number of carbonyl (C=O) groups is 1. The SMILES string of the molecule is C[14C](=O)[O-].[Na+]. The molecule has 0 N–H and O–H groups in total. The third kappa shape index (κ3) is 123. The maximum absolute atomic E-state index is 8.89. The van der Waals surface area contributed by atoms with Crippen LogP contribution in [0.15, 0.2) is 0 Å². The van der Waals surface area contributed by atoms with Crippen molar-refractivity contribution in [3.63, 3.8) is 0 Å². The van der Waals surface area contributed by atoms with Gasteiger partial charge in [0.1, 0.15) is 0 Å². The molecule has 0 bridgehead atoms. The summed E-state index contributed by atoms with van der Waals surface area (Å²) in [5.41, 5.74) is 0. The second kappa shape index (κ2) is 4.47. The molecule has 0 aliphatic rings. The van der Waals surface area contributed by atoms with Crippen molar-refractivity contribution in [3.05, 3.63) is 0 Å². The Hall–Kier alpha value is 0.470. The van der Waals surface area contributed by atoms with Crippen LogP contribution >= 0.6 is 0 Å². The molecule has 0 spiro atoms. The van der Waals surface area contributed by atoms with E-state index in [0.717, 1.165) is 6.92 Å². The summed E-state index contributed by atoms with van der Waals surface area (Å²) in [5.74, 6) is -1.08. The third-order valence-electron chi connectivity index (χ3n) is 0. The maximum atomic E-state index is 8.89. The molecule has 0 saturated carbocycles. The Balaban J connectivity index is 0. The number of aliphatic carboxylic acids is 1. The number of hydrogen-bond acceptors (Lipinski definition) is 2. The van der Waals surface area contributed by atoms with E-state index >= 15 is 0 Å². The first kappa shape index (κ1) is 9.08. The van der Waals surface area contributed by atoms with Crippen molar-refractivity contribution in [2.75, 3.05) is 0 Å². The molecule has 0 aliphatic heterocycles. The Labute approximate surface area is 52.5 Å². The van der Waals surface area contributed by atoms with Gasteiger partial charge in [-0.05, 0) is 6.92 Å². The molecule has 0 rings (SSSR count). The van der Waals surface area contributed by atoms with Gasteiger partial charge in [0.25, 0.3) is 0 Å². The fourth-order valence-corrected chi connectivity index (χ4v) is 0. The van der Waals surface area contributed by atoms with Crippen molar-refractivity contribution in [1.29, 1.82) is 0 Å². The number of carbonyl (C=O) groups excluding carboxylic acids is 1. The van der Waals surface area contributed by atoms with Gasteiger partial charge in [-0.2, -0.15) is 0 Å². The molecular formula is C2H3NaO2. The van der Waals surface area contributed by atoms with Gasteiger partial charge in [0.05, 0.1) is 0 Å². The van der Waals surface area contributed by atoms with Crippen molar-refractivity contribution in [3.8, 4) is 0 Å². The van der Waals surface area contributed by atoms with E-state index in [-0.39, 0.29) is 29.6 Å². The molecule has 5 heavy (non-hydrogen) atoms. The minimum Gasteiger partial charge on any atom is -0.550 e. The minimum absolute atomic E-state index is 0. The summed E-state index contributed by atoms with van der Waals surface area (Å²) < 4.78 is 0. The molecule has 0 atom stereocenters. The Morgan fingerprint density at radius 2 is 1.80 bits per heavy atom. The molecule has 0 aliphatic carbocycles. The molecule has 0 saturated heterocycles. The minimum atomic E-state index is -1.08. The quantitative estimate of drug-likeness (QED) is 0.279. The molecule has 2 nitrogen and oxygen atoms in total. The van der Waals surface area contributed by atoms with Gasteiger partial charge in [-0.15, -0.1) is 0 Å². The van der Waals surface area contributed by atoms with Gasteiger partial charge in [0.15, 0.2) is 0 Å². The zero-order valence-electron chi connectivity index (χ0n) is 3.32. The van der Waals surface area contributed by atoms with E-state index < -0.39 is 5.97 Å². The van der Waals surface area contributed by atoms with Gasteiger partial charge in [0, 0.05) is 5.97 Å². The average molecular weight is 84.0 g/mol. The zero-order valence-corrected chi connectivity index (χ0v) is 5.32. The number of carboxylic acids is 1. The Morgan fingerprint density at radius 3 is 1.80 bits per heavy atom. The van der Waals surface area contributed by atoms with E-state index in [4.69, 9.17) is 9.90 Å². The largest absolute Gasteiger partial charge is 1.00 e. The maximum Gasteiger partial charge on any atom is 1.00 e. The van der Waals surface area contributed by atoms with Crippen molar-refractivity contribution in [2.24, 2.45) is 0 Å². The van der Waals surface area contributed by atoms with Gasteiger partial charge in [-0.3, -0.25) is 0 Å². The molecule has 0 aromatic heterocycles. The summed E-state index contributed by atoms with van der Waals surface area (Å²) in [6, 6.07) is 0. The van der Waals surface area contributed by atoms with Crippen LogP contribution in [0.3, 0.4) is 0 Å². The van der Waals surface area contributed by atoms with Crippen molar-refractivity contribution < 1.29 is 39.5 Å². The zero-order chi connectivity index (χ0) is 3.58. The molecule has 24 valence electrons. The summed E-state index contributed by atoms with van der Waals surface area (Å²) in [6.45, 7) is 0.972. The van der Waals surface area contributed by atoms with Crippen molar-refractivity contribution in [1.82, 2.24) is 0 Å². The molecular weight excluding hydrogens is 81.0 g/mol. The van der Waals surface area contributed by atoms with Crippen molar-refractivity contribution in [2.45, 2.75) is 6.92 Å². The molecule has 0 aromatic carbocycles. The van der Waals surface area contributed by atoms with E-state index in [0.29, 0.717) is 0 Å².